The molecule has 2 rings (SSSR count). The number of ether oxygens (including phenoxy) is 1. The second-order valence-corrected chi connectivity index (χ2v) is 9.22. The Labute approximate surface area is 208 Å². The van der Waals surface area contributed by atoms with Gasteiger partial charge in [0.25, 0.3) is 5.91 Å². The Kier molecular flexibility index (Phi) is 10.8. The van der Waals surface area contributed by atoms with Gasteiger partial charge in [0, 0.05) is 27.6 Å². The maximum absolute atomic E-state index is 13.2. The van der Waals surface area contributed by atoms with Gasteiger partial charge in [-0.05, 0) is 61.2 Å². The van der Waals surface area contributed by atoms with Crippen LogP contribution in [0.3, 0.4) is 0 Å². The quantitative estimate of drug-likeness (QED) is 0.345. The Balaban J connectivity index is 2.23. The minimum absolute atomic E-state index is 0.178. The molecule has 0 saturated carbocycles. The lowest BCUT2D eigenvalue weighted by molar-refractivity contribution is -0.143. The molecule has 0 aliphatic heterocycles. The number of halogens is 3. The van der Waals surface area contributed by atoms with Crippen molar-refractivity contribution in [3.8, 4) is 5.75 Å². The van der Waals surface area contributed by atoms with Gasteiger partial charge in [-0.1, -0.05) is 65.5 Å². The molecule has 0 bridgehead atoms. The molecule has 5 nitrogen and oxygen atoms in total. The zero-order valence-electron chi connectivity index (χ0n) is 18.6. The fourth-order valence-electron chi connectivity index (χ4n) is 3.19. The molecule has 1 N–H and O–H groups in total. The molecule has 0 saturated heterocycles. The SMILES string of the molecule is CCCCNC(=O)[C@H](CC)N(Cc1ccc(Cl)cc1Cl)C(=O)COc1ccc(Br)c(C)c1. The van der Waals surface area contributed by atoms with Crippen LogP contribution in [-0.2, 0) is 16.1 Å². The predicted molar refractivity (Wildman–Crippen MR) is 133 cm³/mol. The maximum Gasteiger partial charge on any atom is 0.261 e. The number of benzene rings is 2. The second kappa shape index (κ2) is 13.1. The van der Waals surface area contributed by atoms with Crippen molar-refractivity contribution in [2.24, 2.45) is 0 Å². The Morgan fingerprint density at radius 3 is 2.53 bits per heavy atom. The highest BCUT2D eigenvalue weighted by Crippen LogP contribution is 2.25. The summed E-state index contributed by atoms with van der Waals surface area (Å²) in [5.41, 5.74) is 1.71. The van der Waals surface area contributed by atoms with Crippen molar-refractivity contribution in [1.29, 1.82) is 0 Å². The third-order valence-corrected chi connectivity index (χ3v) is 6.54. The van der Waals surface area contributed by atoms with Crippen LogP contribution >= 0.6 is 39.1 Å². The highest BCUT2D eigenvalue weighted by molar-refractivity contribution is 9.10. The first-order valence-corrected chi connectivity index (χ1v) is 12.2. The van der Waals surface area contributed by atoms with Gasteiger partial charge >= 0.3 is 0 Å². The summed E-state index contributed by atoms with van der Waals surface area (Å²) >= 11 is 15.8. The van der Waals surface area contributed by atoms with Crippen LogP contribution in [0.25, 0.3) is 0 Å². The fourth-order valence-corrected chi connectivity index (χ4v) is 3.91. The number of carbonyl (C=O) groups excluding carboxylic acids is 2. The number of amides is 2. The smallest absolute Gasteiger partial charge is 0.261 e. The molecule has 2 amide bonds. The highest BCUT2D eigenvalue weighted by Gasteiger charge is 2.29. The van der Waals surface area contributed by atoms with Gasteiger partial charge in [0.05, 0.1) is 0 Å². The molecule has 0 aliphatic carbocycles. The Morgan fingerprint density at radius 2 is 1.91 bits per heavy atom. The number of unbranched alkanes of at least 4 members (excludes halogenated alkanes) is 1. The maximum atomic E-state index is 13.2. The summed E-state index contributed by atoms with van der Waals surface area (Å²) in [5.74, 6) is 0.108. The van der Waals surface area contributed by atoms with Gasteiger partial charge in [-0.15, -0.1) is 0 Å². The van der Waals surface area contributed by atoms with Crippen molar-refractivity contribution in [2.75, 3.05) is 13.2 Å². The van der Waals surface area contributed by atoms with Gasteiger partial charge in [0.15, 0.2) is 6.61 Å². The molecule has 174 valence electrons. The van der Waals surface area contributed by atoms with Crippen molar-refractivity contribution >= 4 is 50.9 Å². The number of aryl methyl sites for hydroxylation is 1. The van der Waals surface area contributed by atoms with Crippen molar-refractivity contribution in [2.45, 2.75) is 52.6 Å². The second-order valence-electron chi connectivity index (χ2n) is 7.53. The molecule has 0 spiro atoms. The first kappa shape index (κ1) is 26.5. The summed E-state index contributed by atoms with van der Waals surface area (Å²) in [6, 6.07) is 9.99. The van der Waals surface area contributed by atoms with Crippen molar-refractivity contribution in [3.05, 3.63) is 62.0 Å². The topological polar surface area (TPSA) is 58.6 Å². The van der Waals surface area contributed by atoms with E-state index in [2.05, 4.69) is 28.2 Å². The van der Waals surface area contributed by atoms with E-state index < -0.39 is 6.04 Å². The molecule has 0 fully saturated rings. The summed E-state index contributed by atoms with van der Waals surface area (Å²) in [4.78, 5) is 27.6. The molecular formula is C24H29BrCl2N2O3. The zero-order chi connectivity index (χ0) is 23.7. The average molecular weight is 544 g/mol. The number of hydrogen-bond acceptors (Lipinski definition) is 3. The lowest BCUT2D eigenvalue weighted by Crippen LogP contribution is -2.50. The average Bonchev–Trinajstić information content (AvgIpc) is 2.75. The van der Waals surface area contributed by atoms with Gasteiger partial charge in [-0.2, -0.15) is 0 Å². The van der Waals surface area contributed by atoms with E-state index in [0.29, 0.717) is 34.3 Å². The van der Waals surface area contributed by atoms with Gasteiger partial charge in [-0.25, -0.2) is 0 Å². The molecular weight excluding hydrogens is 515 g/mol. The van der Waals surface area contributed by atoms with Crippen LogP contribution in [0.2, 0.25) is 10.0 Å². The summed E-state index contributed by atoms with van der Waals surface area (Å²) in [6.45, 7) is 6.45. The third-order valence-electron chi connectivity index (χ3n) is 5.06. The molecule has 2 aromatic rings. The molecule has 32 heavy (non-hydrogen) atoms. The van der Waals surface area contributed by atoms with Crippen LogP contribution in [0.1, 0.15) is 44.2 Å². The van der Waals surface area contributed by atoms with Crippen LogP contribution in [0.5, 0.6) is 5.75 Å². The largest absolute Gasteiger partial charge is 0.484 e. The Bertz CT molecular complexity index is 939. The molecule has 2 aromatic carbocycles. The predicted octanol–water partition coefficient (Wildman–Crippen LogP) is 6.17. The van der Waals surface area contributed by atoms with Crippen LogP contribution in [-0.4, -0.2) is 35.9 Å². The van der Waals surface area contributed by atoms with Gasteiger partial charge in [0.2, 0.25) is 5.91 Å². The zero-order valence-corrected chi connectivity index (χ0v) is 21.7. The van der Waals surface area contributed by atoms with E-state index in [9.17, 15) is 9.59 Å². The number of hydrogen-bond donors (Lipinski definition) is 1. The molecule has 0 aromatic heterocycles. The van der Waals surface area contributed by atoms with Crippen LogP contribution in [0.4, 0.5) is 0 Å². The number of carbonyl (C=O) groups is 2. The first-order valence-electron chi connectivity index (χ1n) is 10.7. The Morgan fingerprint density at radius 1 is 1.16 bits per heavy atom. The van der Waals surface area contributed by atoms with Crippen LogP contribution < -0.4 is 10.1 Å². The fraction of sp³-hybridized carbons (Fsp3) is 0.417. The van der Waals surface area contributed by atoms with E-state index >= 15 is 0 Å². The Hall–Kier alpha value is -1.76. The lowest BCUT2D eigenvalue weighted by Gasteiger charge is -2.31. The molecule has 8 heteroatoms. The minimum Gasteiger partial charge on any atom is -0.484 e. The molecule has 0 heterocycles. The van der Waals surface area contributed by atoms with E-state index in [1.165, 1.54) is 4.90 Å². The lowest BCUT2D eigenvalue weighted by atomic mass is 10.1. The minimum atomic E-state index is -0.638. The van der Waals surface area contributed by atoms with Crippen LogP contribution in [0, 0.1) is 6.92 Å². The van der Waals surface area contributed by atoms with Crippen molar-refractivity contribution < 1.29 is 14.3 Å². The summed E-state index contributed by atoms with van der Waals surface area (Å²) < 4.78 is 6.71. The molecule has 0 radical (unpaired) electrons. The molecule has 1 atom stereocenters. The standard InChI is InChI=1S/C24H29BrCl2N2O3/c1-4-6-11-28-24(31)22(5-2)29(14-17-7-8-18(26)13-21(17)27)23(30)15-32-19-9-10-20(25)16(3)12-19/h7-10,12-13,22H,4-6,11,14-15H2,1-3H3,(H,28,31)/t22-/m0/s1. The molecule has 0 aliphatic rings. The molecule has 0 unspecified atom stereocenters. The summed E-state index contributed by atoms with van der Waals surface area (Å²) in [6.07, 6.45) is 2.32. The van der Waals surface area contributed by atoms with E-state index in [-0.39, 0.29) is 25.0 Å². The highest BCUT2D eigenvalue weighted by atomic mass is 79.9. The number of nitrogens with zero attached hydrogens (tertiary/aromatic N) is 1. The van der Waals surface area contributed by atoms with Crippen molar-refractivity contribution in [3.63, 3.8) is 0 Å². The van der Waals surface area contributed by atoms with Gasteiger partial charge in [-0.3, -0.25) is 9.59 Å². The summed E-state index contributed by atoms with van der Waals surface area (Å²) in [7, 11) is 0. The van der Waals surface area contributed by atoms with Crippen LogP contribution in [0.15, 0.2) is 40.9 Å². The van der Waals surface area contributed by atoms with Crippen molar-refractivity contribution in [1.82, 2.24) is 10.2 Å². The first-order chi connectivity index (χ1) is 15.3. The van der Waals surface area contributed by atoms with E-state index in [0.717, 1.165) is 22.9 Å². The van der Waals surface area contributed by atoms with E-state index in [4.69, 9.17) is 27.9 Å². The van der Waals surface area contributed by atoms with Gasteiger partial charge in [0.1, 0.15) is 11.8 Å². The summed E-state index contributed by atoms with van der Waals surface area (Å²) in [5, 5.41) is 3.89. The number of nitrogens with one attached hydrogen (secondary N) is 1. The van der Waals surface area contributed by atoms with E-state index in [1.54, 1.807) is 24.3 Å². The normalized spacial score (nSPS) is 11.7. The number of rotatable bonds is 11. The van der Waals surface area contributed by atoms with Gasteiger partial charge < -0.3 is 15.0 Å². The third kappa shape index (κ3) is 7.68. The van der Waals surface area contributed by atoms with E-state index in [1.807, 2.05) is 26.0 Å². The monoisotopic (exact) mass is 542 g/mol.